The molecular weight excluding hydrogens is 359 g/mol. The summed E-state index contributed by atoms with van der Waals surface area (Å²) in [6, 6.07) is 13.8. The number of fused-ring (bicyclic) bond motifs is 1. The first-order chi connectivity index (χ1) is 12.9. The first-order valence-electron chi connectivity index (χ1n) is 8.01. The van der Waals surface area contributed by atoms with Crippen molar-refractivity contribution >= 4 is 28.3 Å². The largest absolute Gasteiger partial charge is 0.449 e. The molecule has 0 spiro atoms. The second-order valence-corrected chi connectivity index (χ2v) is 5.79. The summed E-state index contributed by atoms with van der Waals surface area (Å²) in [7, 11) is 0. The van der Waals surface area contributed by atoms with E-state index in [0.717, 1.165) is 11.5 Å². The minimum absolute atomic E-state index is 0.270. The molecular formula is C20H14F3NO3. The van der Waals surface area contributed by atoms with E-state index in [0.29, 0.717) is 11.5 Å². The summed E-state index contributed by atoms with van der Waals surface area (Å²) in [5.41, 5.74) is -0.279. The molecule has 27 heavy (non-hydrogen) atoms. The lowest BCUT2D eigenvalue weighted by molar-refractivity contribution is -0.123. The Balaban J connectivity index is 1.74. The van der Waals surface area contributed by atoms with Crippen molar-refractivity contribution in [1.82, 2.24) is 0 Å². The van der Waals surface area contributed by atoms with Crippen LogP contribution < -0.4 is 5.32 Å². The van der Waals surface area contributed by atoms with Crippen LogP contribution in [0.1, 0.15) is 17.3 Å². The third-order valence-corrected chi connectivity index (χ3v) is 3.96. The van der Waals surface area contributed by atoms with Gasteiger partial charge in [-0.3, -0.25) is 4.79 Å². The molecule has 0 saturated carbocycles. The number of benzene rings is 3. The number of hydrogen-bond donors (Lipinski definition) is 1. The standard InChI is InChI=1S/C20H14F3NO3/c1-11(19(25)24-16-10-9-15(21)17(22)18(16)23)27-20(26)14-8-4-6-12-5-2-3-7-13(12)14/h2-11H,1H3,(H,24,25). The average Bonchev–Trinajstić information content (AvgIpc) is 2.67. The molecule has 3 rings (SSSR count). The van der Waals surface area contributed by atoms with Crippen LogP contribution in [0.4, 0.5) is 18.9 Å². The van der Waals surface area contributed by atoms with Gasteiger partial charge in [0.25, 0.3) is 5.91 Å². The highest BCUT2D eigenvalue weighted by Gasteiger charge is 2.22. The smallest absolute Gasteiger partial charge is 0.339 e. The number of halogens is 3. The van der Waals surface area contributed by atoms with Gasteiger partial charge in [-0.15, -0.1) is 0 Å². The molecule has 0 aliphatic carbocycles. The molecule has 0 heterocycles. The highest BCUT2D eigenvalue weighted by atomic mass is 19.2. The summed E-state index contributed by atoms with van der Waals surface area (Å²) in [4.78, 5) is 24.5. The Hall–Kier alpha value is -3.35. The lowest BCUT2D eigenvalue weighted by Crippen LogP contribution is -2.30. The van der Waals surface area contributed by atoms with Gasteiger partial charge in [0.2, 0.25) is 0 Å². The van der Waals surface area contributed by atoms with E-state index >= 15 is 0 Å². The molecule has 0 bridgehead atoms. The highest BCUT2D eigenvalue weighted by molar-refractivity contribution is 6.05. The zero-order chi connectivity index (χ0) is 19.6. The van der Waals surface area contributed by atoms with Crippen molar-refractivity contribution in [1.29, 1.82) is 0 Å². The SMILES string of the molecule is CC(OC(=O)c1cccc2ccccc12)C(=O)Nc1ccc(F)c(F)c1F. The highest BCUT2D eigenvalue weighted by Crippen LogP contribution is 2.21. The summed E-state index contributed by atoms with van der Waals surface area (Å²) in [6.07, 6.45) is -1.29. The summed E-state index contributed by atoms with van der Waals surface area (Å²) in [5, 5.41) is 3.56. The Bertz CT molecular complexity index is 1030. The van der Waals surface area contributed by atoms with Crippen molar-refractivity contribution in [3.05, 3.63) is 77.6 Å². The maximum absolute atomic E-state index is 13.7. The van der Waals surface area contributed by atoms with Gasteiger partial charge in [0.15, 0.2) is 23.6 Å². The molecule has 1 amide bonds. The molecule has 1 N–H and O–H groups in total. The van der Waals surface area contributed by atoms with Crippen LogP contribution >= 0.6 is 0 Å². The number of hydrogen-bond acceptors (Lipinski definition) is 3. The minimum Gasteiger partial charge on any atom is -0.449 e. The molecule has 3 aromatic carbocycles. The summed E-state index contributed by atoms with van der Waals surface area (Å²) >= 11 is 0. The quantitative estimate of drug-likeness (QED) is 0.543. The topological polar surface area (TPSA) is 55.4 Å². The van der Waals surface area contributed by atoms with Crippen LogP contribution in [-0.4, -0.2) is 18.0 Å². The predicted molar refractivity (Wildman–Crippen MR) is 93.8 cm³/mol. The van der Waals surface area contributed by atoms with Gasteiger partial charge < -0.3 is 10.1 Å². The number of carbonyl (C=O) groups excluding carboxylic acids is 2. The van der Waals surface area contributed by atoms with Gasteiger partial charge in [-0.1, -0.05) is 36.4 Å². The number of carbonyl (C=O) groups is 2. The Morgan fingerprint density at radius 1 is 0.926 bits per heavy atom. The van der Waals surface area contributed by atoms with Crippen molar-refractivity contribution in [2.45, 2.75) is 13.0 Å². The van der Waals surface area contributed by atoms with E-state index in [1.54, 1.807) is 24.3 Å². The average molecular weight is 373 g/mol. The third kappa shape index (κ3) is 3.76. The Kier molecular flexibility index (Phi) is 5.12. The minimum atomic E-state index is -1.70. The number of rotatable bonds is 4. The van der Waals surface area contributed by atoms with Gasteiger partial charge in [0.05, 0.1) is 11.3 Å². The normalized spacial score (nSPS) is 11.9. The molecule has 3 aromatic rings. The summed E-state index contributed by atoms with van der Waals surface area (Å²) in [6.45, 7) is 1.29. The Morgan fingerprint density at radius 2 is 1.63 bits per heavy atom. The first kappa shape index (κ1) is 18.4. The van der Waals surface area contributed by atoms with Crippen LogP contribution in [0, 0.1) is 17.5 Å². The van der Waals surface area contributed by atoms with Gasteiger partial charge in [0.1, 0.15) is 0 Å². The molecule has 1 unspecified atom stereocenters. The maximum atomic E-state index is 13.7. The number of anilines is 1. The lowest BCUT2D eigenvalue weighted by atomic mass is 10.0. The lowest BCUT2D eigenvalue weighted by Gasteiger charge is -2.15. The van der Waals surface area contributed by atoms with Crippen LogP contribution in [0.2, 0.25) is 0 Å². The third-order valence-electron chi connectivity index (χ3n) is 3.96. The van der Waals surface area contributed by atoms with Crippen LogP contribution in [0.15, 0.2) is 54.6 Å². The summed E-state index contributed by atoms with van der Waals surface area (Å²) < 4.78 is 45.0. The number of ether oxygens (including phenoxy) is 1. The Labute approximate surface area is 152 Å². The molecule has 0 aliphatic rings. The van der Waals surface area contributed by atoms with Gasteiger partial charge in [-0.25, -0.2) is 18.0 Å². The molecule has 1 atom stereocenters. The fourth-order valence-corrected chi connectivity index (χ4v) is 2.54. The number of amides is 1. The van der Waals surface area contributed by atoms with Crippen molar-refractivity contribution < 1.29 is 27.5 Å². The van der Waals surface area contributed by atoms with E-state index in [4.69, 9.17) is 4.74 Å². The summed E-state index contributed by atoms with van der Waals surface area (Å²) in [5.74, 6) is -6.22. The van der Waals surface area contributed by atoms with E-state index in [1.807, 2.05) is 18.2 Å². The van der Waals surface area contributed by atoms with Crippen LogP contribution in [-0.2, 0) is 9.53 Å². The second-order valence-electron chi connectivity index (χ2n) is 5.79. The zero-order valence-corrected chi connectivity index (χ0v) is 14.1. The fraction of sp³-hybridized carbons (Fsp3) is 0.100. The molecule has 7 heteroatoms. The predicted octanol–water partition coefficient (Wildman–Crippen LogP) is 4.44. The number of nitrogens with one attached hydrogen (secondary N) is 1. The second kappa shape index (κ2) is 7.49. The van der Waals surface area contributed by atoms with E-state index in [1.165, 1.54) is 6.92 Å². The van der Waals surface area contributed by atoms with Gasteiger partial charge in [0, 0.05) is 0 Å². The molecule has 0 saturated heterocycles. The molecule has 4 nitrogen and oxygen atoms in total. The fourth-order valence-electron chi connectivity index (χ4n) is 2.54. The van der Waals surface area contributed by atoms with E-state index in [9.17, 15) is 22.8 Å². The molecule has 0 fully saturated rings. The van der Waals surface area contributed by atoms with Gasteiger partial charge >= 0.3 is 5.97 Å². The molecule has 0 aliphatic heterocycles. The van der Waals surface area contributed by atoms with Crippen molar-refractivity contribution in [3.63, 3.8) is 0 Å². The van der Waals surface area contributed by atoms with E-state index in [-0.39, 0.29) is 5.56 Å². The maximum Gasteiger partial charge on any atom is 0.339 e. The monoisotopic (exact) mass is 373 g/mol. The van der Waals surface area contributed by atoms with Gasteiger partial charge in [-0.05, 0) is 35.9 Å². The van der Waals surface area contributed by atoms with Crippen molar-refractivity contribution in [2.75, 3.05) is 5.32 Å². The zero-order valence-electron chi connectivity index (χ0n) is 14.1. The van der Waals surface area contributed by atoms with E-state index in [2.05, 4.69) is 5.32 Å². The molecule has 138 valence electrons. The van der Waals surface area contributed by atoms with E-state index < -0.39 is 41.1 Å². The van der Waals surface area contributed by atoms with Crippen LogP contribution in [0.5, 0.6) is 0 Å². The first-order valence-corrected chi connectivity index (χ1v) is 8.01. The molecule has 0 radical (unpaired) electrons. The van der Waals surface area contributed by atoms with Gasteiger partial charge in [-0.2, -0.15) is 0 Å². The number of esters is 1. The van der Waals surface area contributed by atoms with Crippen molar-refractivity contribution in [2.24, 2.45) is 0 Å². The van der Waals surface area contributed by atoms with Crippen LogP contribution in [0.3, 0.4) is 0 Å². The van der Waals surface area contributed by atoms with Crippen LogP contribution in [0.25, 0.3) is 10.8 Å². The molecule has 0 aromatic heterocycles. The Morgan fingerprint density at radius 3 is 2.41 bits per heavy atom. The van der Waals surface area contributed by atoms with Crippen molar-refractivity contribution in [3.8, 4) is 0 Å².